The Hall–Kier alpha value is -0.600. The Morgan fingerprint density at radius 2 is 1.50 bits per heavy atom. The second-order valence-electron chi connectivity index (χ2n) is 2.90. The molecule has 0 saturated heterocycles. The number of methoxy groups -OCH3 is 1. The number of hydrogen-bond donors (Lipinski definition) is 0. The van der Waals surface area contributed by atoms with Crippen LogP contribution in [0.15, 0.2) is 0 Å². The van der Waals surface area contributed by atoms with Crippen molar-refractivity contribution in [3.05, 3.63) is 0 Å². The van der Waals surface area contributed by atoms with Gasteiger partial charge in [-0.1, -0.05) is 0 Å². The molecular formula is C7H8F8O. The maximum atomic E-state index is 13.3. The fourth-order valence-electron chi connectivity index (χ4n) is 0.997. The van der Waals surface area contributed by atoms with Crippen LogP contribution in [0.1, 0.15) is 0 Å². The first-order valence-electron chi connectivity index (χ1n) is 3.86. The number of rotatable bonds is 5. The largest absolute Gasteiger partial charge is 0.430 e. The summed E-state index contributed by atoms with van der Waals surface area (Å²) < 4.78 is 102. The lowest BCUT2D eigenvalue weighted by Crippen LogP contribution is -2.64. The molecule has 98 valence electrons. The summed E-state index contributed by atoms with van der Waals surface area (Å²) in [5, 5.41) is 0. The van der Waals surface area contributed by atoms with Crippen molar-refractivity contribution >= 4 is 0 Å². The molecule has 0 amide bonds. The van der Waals surface area contributed by atoms with Crippen molar-refractivity contribution in [1.29, 1.82) is 0 Å². The summed E-state index contributed by atoms with van der Waals surface area (Å²) in [5.41, 5.74) is -5.26. The van der Waals surface area contributed by atoms with Crippen LogP contribution in [-0.4, -0.2) is 44.3 Å². The molecule has 0 radical (unpaired) electrons. The number of alkyl halides is 8. The summed E-state index contributed by atoms with van der Waals surface area (Å²) >= 11 is 0. The van der Waals surface area contributed by atoms with Gasteiger partial charge in [-0.05, 0) is 0 Å². The smallest absolute Gasteiger partial charge is 0.344 e. The Morgan fingerprint density at radius 1 is 1.06 bits per heavy atom. The van der Waals surface area contributed by atoms with Gasteiger partial charge in [0.05, 0.1) is 0 Å². The molecule has 0 aliphatic carbocycles. The summed E-state index contributed by atoms with van der Waals surface area (Å²) in [4.78, 5) is 0. The third-order valence-electron chi connectivity index (χ3n) is 2.01. The number of hydrogen-bond acceptors (Lipinski definition) is 1. The minimum atomic E-state index is -6.08. The molecule has 0 bridgehead atoms. The van der Waals surface area contributed by atoms with Gasteiger partial charge in [-0.25, -0.2) is 22.0 Å². The van der Waals surface area contributed by atoms with Crippen LogP contribution in [0.4, 0.5) is 35.1 Å². The lowest BCUT2D eigenvalue weighted by Gasteiger charge is -2.38. The molecule has 9 heteroatoms. The maximum absolute atomic E-state index is 13.3. The lowest BCUT2D eigenvalue weighted by atomic mass is 9.93. The average molecular weight is 260 g/mol. The maximum Gasteiger partial charge on any atom is 0.430 e. The second kappa shape index (κ2) is 4.72. The fourth-order valence-corrected chi connectivity index (χ4v) is 0.997. The van der Waals surface area contributed by atoms with Gasteiger partial charge >= 0.3 is 6.18 Å². The number of ether oxygens (including phenoxy) is 1. The fraction of sp³-hybridized carbons (Fsp3) is 1.00. The van der Waals surface area contributed by atoms with Gasteiger partial charge in [0.2, 0.25) is 0 Å². The Bertz CT molecular complexity index is 231. The molecule has 0 rings (SSSR count). The van der Waals surface area contributed by atoms with Crippen LogP contribution in [0, 0.1) is 0 Å². The quantitative estimate of drug-likeness (QED) is 0.691. The molecule has 0 saturated carbocycles. The third kappa shape index (κ3) is 2.09. The van der Waals surface area contributed by atoms with Gasteiger partial charge in [-0.3, -0.25) is 0 Å². The summed E-state index contributed by atoms with van der Waals surface area (Å²) in [6.45, 7) is -5.21. The molecule has 0 aliphatic rings. The standard InChI is InChI=1S/C7H8F8O/c1-16-6(12,4(10)2-8)5(11,3-9)7(13,14)15/h4H,2-3H2,1H3. The van der Waals surface area contributed by atoms with Crippen molar-refractivity contribution < 1.29 is 39.9 Å². The molecule has 1 nitrogen and oxygen atoms in total. The van der Waals surface area contributed by atoms with Gasteiger partial charge in [-0.15, -0.1) is 0 Å². The molecule has 3 unspecified atom stereocenters. The molecule has 0 heterocycles. The van der Waals surface area contributed by atoms with Gasteiger partial charge in [0.25, 0.3) is 11.5 Å². The number of halogens is 8. The lowest BCUT2D eigenvalue weighted by molar-refractivity contribution is -0.349. The average Bonchev–Trinajstić information content (AvgIpc) is 2.23. The third-order valence-corrected chi connectivity index (χ3v) is 2.01. The Kier molecular flexibility index (Phi) is 4.55. The Morgan fingerprint density at radius 3 is 1.69 bits per heavy atom. The highest BCUT2D eigenvalue weighted by atomic mass is 19.4. The van der Waals surface area contributed by atoms with Crippen LogP contribution < -0.4 is 0 Å². The van der Waals surface area contributed by atoms with Crippen molar-refractivity contribution in [3.63, 3.8) is 0 Å². The highest BCUT2D eigenvalue weighted by Crippen LogP contribution is 2.47. The predicted molar refractivity (Wildman–Crippen MR) is 37.6 cm³/mol. The molecule has 0 fully saturated rings. The molecule has 0 aliphatic heterocycles. The van der Waals surface area contributed by atoms with E-state index >= 15 is 0 Å². The van der Waals surface area contributed by atoms with E-state index in [1.807, 2.05) is 0 Å². The topological polar surface area (TPSA) is 9.23 Å². The molecule has 0 N–H and O–H groups in total. The van der Waals surface area contributed by atoms with E-state index in [-0.39, 0.29) is 7.11 Å². The summed E-state index contributed by atoms with van der Waals surface area (Å²) in [5.74, 6) is -4.77. The van der Waals surface area contributed by atoms with E-state index in [4.69, 9.17) is 0 Å². The summed E-state index contributed by atoms with van der Waals surface area (Å²) in [7, 11) is 0.179. The first-order valence-corrected chi connectivity index (χ1v) is 3.86. The normalized spacial score (nSPS) is 22.3. The summed E-state index contributed by atoms with van der Waals surface area (Å²) in [6, 6.07) is 0. The molecule has 0 spiro atoms. The molecule has 3 atom stereocenters. The van der Waals surface area contributed by atoms with Gasteiger partial charge in [0, 0.05) is 7.11 Å². The van der Waals surface area contributed by atoms with Gasteiger partial charge < -0.3 is 4.74 Å². The van der Waals surface area contributed by atoms with Crippen LogP contribution in [0.25, 0.3) is 0 Å². The van der Waals surface area contributed by atoms with E-state index in [1.165, 1.54) is 0 Å². The van der Waals surface area contributed by atoms with E-state index in [1.54, 1.807) is 0 Å². The zero-order valence-corrected chi connectivity index (χ0v) is 7.92. The first kappa shape index (κ1) is 15.4. The van der Waals surface area contributed by atoms with E-state index in [9.17, 15) is 35.1 Å². The minimum absolute atomic E-state index is 0.179. The predicted octanol–water partition coefficient (Wildman–Crippen LogP) is 2.85. The van der Waals surface area contributed by atoms with Crippen molar-refractivity contribution in [2.75, 3.05) is 20.5 Å². The Labute approximate surface area is 85.4 Å². The molecule has 0 aromatic heterocycles. The second-order valence-corrected chi connectivity index (χ2v) is 2.90. The zero-order valence-electron chi connectivity index (χ0n) is 7.92. The molecular weight excluding hydrogens is 252 g/mol. The monoisotopic (exact) mass is 260 g/mol. The minimum Gasteiger partial charge on any atom is -0.344 e. The van der Waals surface area contributed by atoms with Crippen LogP contribution in [-0.2, 0) is 4.74 Å². The van der Waals surface area contributed by atoms with Crippen molar-refractivity contribution in [2.24, 2.45) is 0 Å². The van der Waals surface area contributed by atoms with E-state index < -0.39 is 37.2 Å². The van der Waals surface area contributed by atoms with Crippen LogP contribution >= 0.6 is 0 Å². The van der Waals surface area contributed by atoms with E-state index in [0.29, 0.717) is 0 Å². The van der Waals surface area contributed by atoms with Crippen molar-refractivity contribution in [2.45, 2.75) is 23.9 Å². The van der Waals surface area contributed by atoms with Crippen molar-refractivity contribution in [1.82, 2.24) is 0 Å². The highest BCUT2D eigenvalue weighted by molar-refractivity contribution is 5.04. The van der Waals surface area contributed by atoms with E-state index in [2.05, 4.69) is 4.74 Å². The van der Waals surface area contributed by atoms with Crippen LogP contribution in [0.3, 0.4) is 0 Å². The summed E-state index contributed by atoms with van der Waals surface area (Å²) in [6.07, 6.45) is -9.67. The molecule has 0 aromatic rings. The van der Waals surface area contributed by atoms with E-state index in [0.717, 1.165) is 0 Å². The SMILES string of the molecule is COC(F)(C(F)CF)C(F)(CF)C(F)(F)F. The Balaban J connectivity index is 5.49. The van der Waals surface area contributed by atoms with Gasteiger partial charge in [0.1, 0.15) is 13.3 Å². The first-order chi connectivity index (χ1) is 7.10. The van der Waals surface area contributed by atoms with Crippen LogP contribution in [0.2, 0.25) is 0 Å². The highest BCUT2D eigenvalue weighted by Gasteiger charge is 2.74. The van der Waals surface area contributed by atoms with Crippen molar-refractivity contribution in [3.8, 4) is 0 Å². The zero-order chi connectivity index (χ0) is 13.2. The van der Waals surface area contributed by atoms with Gasteiger partial charge in [-0.2, -0.15) is 13.2 Å². The van der Waals surface area contributed by atoms with Gasteiger partial charge in [0.15, 0.2) is 6.17 Å². The molecule has 0 aromatic carbocycles. The molecule has 16 heavy (non-hydrogen) atoms. The van der Waals surface area contributed by atoms with Crippen LogP contribution in [0.5, 0.6) is 0 Å².